The molecule has 27 heavy (non-hydrogen) atoms. The minimum atomic E-state index is -4.44. The number of carbonyl (C=O) groups is 2. The maximum Gasteiger partial charge on any atom is 0.416 e. The van der Waals surface area contributed by atoms with Crippen LogP contribution in [0.4, 0.5) is 28.4 Å². The van der Waals surface area contributed by atoms with E-state index in [9.17, 15) is 22.8 Å². The van der Waals surface area contributed by atoms with Crippen molar-refractivity contribution in [2.24, 2.45) is 0 Å². The zero-order chi connectivity index (χ0) is 20.2. The molecule has 6 nitrogen and oxygen atoms in total. The molecule has 0 bridgehead atoms. The maximum absolute atomic E-state index is 12.5. The predicted molar refractivity (Wildman–Crippen MR) is 92.4 cm³/mol. The van der Waals surface area contributed by atoms with Gasteiger partial charge in [-0.05, 0) is 57.9 Å². The number of halogens is 3. The number of ether oxygens (including phenoxy) is 2. The van der Waals surface area contributed by atoms with Gasteiger partial charge in [0.1, 0.15) is 11.7 Å². The van der Waals surface area contributed by atoms with Crippen LogP contribution in [0.1, 0.15) is 39.2 Å². The molecular formula is C18H23F3N2O4. The van der Waals surface area contributed by atoms with E-state index in [0.717, 1.165) is 24.3 Å². The Hall–Kier alpha value is -2.45. The molecule has 9 heteroatoms. The van der Waals surface area contributed by atoms with Gasteiger partial charge in [0, 0.05) is 12.2 Å². The van der Waals surface area contributed by atoms with Crippen LogP contribution in [-0.2, 0) is 15.7 Å². The van der Waals surface area contributed by atoms with E-state index in [4.69, 9.17) is 9.47 Å². The van der Waals surface area contributed by atoms with E-state index in [1.165, 1.54) is 4.90 Å². The maximum atomic E-state index is 12.5. The summed E-state index contributed by atoms with van der Waals surface area (Å²) >= 11 is 0. The summed E-state index contributed by atoms with van der Waals surface area (Å²) in [6, 6.07) is 4.05. The number of nitrogens with one attached hydrogen (secondary N) is 1. The smallest absolute Gasteiger partial charge is 0.416 e. The fourth-order valence-electron chi connectivity index (χ4n) is 2.57. The van der Waals surface area contributed by atoms with Gasteiger partial charge in [0.2, 0.25) is 0 Å². The third-order valence-electron chi connectivity index (χ3n) is 3.76. The second-order valence-electron chi connectivity index (χ2n) is 7.30. The van der Waals surface area contributed by atoms with Crippen molar-refractivity contribution in [3.63, 3.8) is 0 Å². The average Bonchev–Trinajstić information content (AvgIpc) is 2.53. The number of benzene rings is 1. The largest absolute Gasteiger partial charge is 0.444 e. The zero-order valence-corrected chi connectivity index (χ0v) is 15.4. The van der Waals surface area contributed by atoms with Crippen molar-refractivity contribution in [3.05, 3.63) is 29.8 Å². The Bertz CT molecular complexity index is 669. The van der Waals surface area contributed by atoms with Gasteiger partial charge in [-0.3, -0.25) is 5.32 Å². The van der Waals surface area contributed by atoms with Gasteiger partial charge < -0.3 is 14.4 Å². The van der Waals surface area contributed by atoms with Crippen LogP contribution in [0, 0.1) is 0 Å². The van der Waals surface area contributed by atoms with E-state index in [2.05, 4.69) is 5.32 Å². The number of rotatable bonds is 2. The highest BCUT2D eigenvalue weighted by Gasteiger charge is 2.31. The van der Waals surface area contributed by atoms with Crippen molar-refractivity contribution in [3.8, 4) is 0 Å². The molecule has 1 N–H and O–H groups in total. The summed E-state index contributed by atoms with van der Waals surface area (Å²) in [5, 5.41) is 2.39. The molecular weight excluding hydrogens is 365 g/mol. The fraction of sp³-hybridized carbons (Fsp3) is 0.556. The Labute approximate surface area is 155 Å². The van der Waals surface area contributed by atoms with Crippen molar-refractivity contribution in [1.29, 1.82) is 0 Å². The number of alkyl halides is 3. The molecule has 1 aromatic carbocycles. The number of amides is 2. The van der Waals surface area contributed by atoms with E-state index in [1.54, 1.807) is 20.8 Å². The lowest BCUT2D eigenvalue weighted by atomic mass is 10.1. The van der Waals surface area contributed by atoms with Crippen LogP contribution < -0.4 is 5.32 Å². The molecule has 0 radical (unpaired) electrons. The molecule has 1 aliphatic heterocycles. The number of carbonyl (C=O) groups excluding carboxylic acids is 2. The second kappa shape index (κ2) is 8.06. The topological polar surface area (TPSA) is 67.9 Å². The monoisotopic (exact) mass is 388 g/mol. The molecule has 2 amide bonds. The number of anilines is 1. The number of likely N-dealkylation sites (tertiary alicyclic amines) is 1. The number of nitrogens with zero attached hydrogens (tertiary/aromatic N) is 1. The van der Waals surface area contributed by atoms with Crippen molar-refractivity contribution < 1.29 is 32.2 Å². The average molecular weight is 388 g/mol. The first-order valence-corrected chi connectivity index (χ1v) is 8.57. The molecule has 1 aliphatic rings. The van der Waals surface area contributed by atoms with Gasteiger partial charge in [-0.2, -0.15) is 13.2 Å². The quantitative estimate of drug-likeness (QED) is 0.801. The summed E-state index contributed by atoms with van der Waals surface area (Å²) in [6.45, 7) is 6.01. The summed E-state index contributed by atoms with van der Waals surface area (Å²) < 4.78 is 48.2. The van der Waals surface area contributed by atoms with Crippen LogP contribution in [0.15, 0.2) is 24.3 Å². The summed E-state index contributed by atoms with van der Waals surface area (Å²) in [5.41, 5.74) is -1.24. The Morgan fingerprint density at radius 1 is 1.15 bits per heavy atom. The molecule has 0 saturated carbocycles. The van der Waals surface area contributed by atoms with Crippen molar-refractivity contribution in [2.75, 3.05) is 18.4 Å². The van der Waals surface area contributed by atoms with Gasteiger partial charge in [-0.15, -0.1) is 0 Å². The van der Waals surface area contributed by atoms with Crippen LogP contribution in [0.25, 0.3) is 0 Å². The van der Waals surface area contributed by atoms with Crippen molar-refractivity contribution in [2.45, 2.75) is 51.5 Å². The number of hydrogen-bond acceptors (Lipinski definition) is 4. The van der Waals surface area contributed by atoms with E-state index in [1.807, 2.05) is 0 Å². The first kappa shape index (κ1) is 20.9. The van der Waals surface area contributed by atoms with Crippen molar-refractivity contribution in [1.82, 2.24) is 4.90 Å². The van der Waals surface area contributed by atoms with Gasteiger partial charge in [0.05, 0.1) is 12.1 Å². The molecule has 1 atom stereocenters. The normalized spacial score (nSPS) is 18.0. The zero-order valence-electron chi connectivity index (χ0n) is 15.4. The summed E-state index contributed by atoms with van der Waals surface area (Å²) in [6.07, 6.45) is -4.98. The van der Waals surface area contributed by atoms with Crippen molar-refractivity contribution >= 4 is 17.9 Å². The number of piperidine rings is 1. The minimum absolute atomic E-state index is 0.188. The molecule has 1 fully saturated rings. The molecule has 0 spiro atoms. The number of hydrogen-bond donors (Lipinski definition) is 1. The standard InChI is InChI=1S/C18H23F3N2O4/c1-17(2,3)27-16(25)23-10-4-5-14(11-23)26-15(24)22-13-8-6-12(7-9-13)18(19,20)21/h6-9,14H,4-5,10-11H2,1-3H3,(H,22,24). The van der Waals surface area contributed by atoms with Crippen LogP contribution >= 0.6 is 0 Å². The van der Waals surface area contributed by atoms with Gasteiger partial charge in [0.15, 0.2) is 0 Å². The highest BCUT2D eigenvalue weighted by molar-refractivity contribution is 5.84. The lowest BCUT2D eigenvalue weighted by Gasteiger charge is -2.33. The molecule has 1 saturated heterocycles. The third-order valence-corrected chi connectivity index (χ3v) is 3.76. The minimum Gasteiger partial charge on any atom is -0.444 e. The molecule has 150 valence electrons. The van der Waals surface area contributed by atoms with E-state index < -0.39 is 35.6 Å². The van der Waals surface area contributed by atoms with E-state index >= 15 is 0 Å². The summed E-state index contributed by atoms with van der Waals surface area (Å²) in [7, 11) is 0. The fourth-order valence-corrected chi connectivity index (χ4v) is 2.57. The van der Waals surface area contributed by atoms with Crippen LogP contribution in [0.3, 0.4) is 0 Å². The van der Waals surface area contributed by atoms with Crippen LogP contribution in [0.2, 0.25) is 0 Å². The first-order valence-electron chi connectivity index (χ1n) is 8.57. The summed E-state index contributed by atoms with van der Waals surface area (Å²) in [4.78, 5) is 25.6. The molecule has 1 heterocycles. The molecule has 0 aromatic heterocycles. The van der Waals surface area contributed by atoms with Crippen LogP contribution in [-0.4, -0.2) is 41.9 Å². The summed E-state index contributed by atoms with van der Waals surface area (Å²) in [5.74, 6) is 0. The van der Waals surface area contributed by atoms with Gasteiger partial charge in [-0.1, -0.05) is 0 Å². The van der Waals surface area contributed by atoms with Gasteiger partial charge >= 0.3 is 18.4 Å². The Morgan fingerprint density at radius 2 is 1.78 bits per heavy atom. The predicted octanol–water partition coefficient (Wildman–Crippen LogP) is 4.65. The van der Waals surface area contributed by atoms with E-state index in [0.29, 0.717) is 19.4 Å². The Balaban J connectivity index is 1.87. The highest BCUT2D eigenvalue weighted by atomic mass is 19.4. The Morgan fingerprint density at radius 3 is 2.33 bits per heavy atom. The lowest BCUT2D eigenvalue weighted by Crippen LogP contribution is -2.46. The van der Waals surface area contributed by atoms with E-state index in [-0.39, 0.29) is 12.2 Å². The molecule has 1 unspecified atom stereocenters. The first-order chi connectivity index (χ1) is 12.4. The van der Waals surface area contributed by atoms with Gasteiger partial charge in [-0.25, -0.2) is 9.59 Å². The Kier molecular flexibility index (Phi) is 6.22. The SMILES string of the molecule is CC(C)(C)OC(=O)N1CCCC(OC(=O)Nc2ccc(C(F)(F)F)cc2)C1. The molecule has 1 aromatic rings. The highest BCUT2D eigenvalue weighted by Crippen LogP contribution is 2.29. The van der Waals surface area contributed by atoms with Gasteiger partial charge in [0.25, 0.3) is 0 Å². The second-order valence-corrected chi connectivity index (χ2v) is 7.30. The van der Waals surface area contributed by atoms with Crippen LogP contribution in [0.5, 0.6) is 0 Å². The molecule has 2 rings (SSSR count). The third kappa shape index (κ3) is 6.65. The molecule has 0 aliphatic carbocycles. The lowest BCUT2D eigenvalue weighted by molar-refractivity contribution is -0.137.